The van der Waals surface area contributed by atoms with Crippen molar-refractivity contribution in [2.75, 3.05) is 0 Å². The van der Waals surface area contributed by atoms with Crippen molar-refractivity contribution in [1.29, 1.82) is 0 Å². The van der Waals surface area contributed by atoms with Crippen molar-refractivity contribution in [2.45, 2.75) is 39.1 Å². The van der Waals surface area contributed by atoms with Crippen LogP contribution in [0.15, 0.2) is 11.8 Å². The Kier molecular flexibility index (Phi) is 3.93. The number of aliphatic carboxylic acids is 1. The highest BCUT2D eigenvalue weighted by molar-refractivity contribution is 5.84. The summed E-state index contributed by atoms with van der Waals surface area (Å²) in [5.41, 5.74) is 0. The largest absolute Gasteiger partial charge is 0.483 e. The Morgan fingerprint density at radius 3 is 2.50 bits per heavy atom. The molecule has 92 valence electrons. The Morgan fingerprint density at radius 1 is 1.50 bits per heavy atom. The molecule has 0 spiro atoms. The Hall–Kier alpha value is -1.07. The molecule has 3 N–H and O–H groups in total. The van der Waals surface area contributed by atoms with E-state index in [9.17, 15) is 15.0 Å². The minimum atomic E-state index is -1.20. The monoisotopic (exact) mass is 230 g/mol. The standard InChI is InChI=1S/C11H18O5/c1-5(7(3)12)10-6(2)8(13)4-9(16-10)11(14)15/h4-8,10,12-13H,1-3H3,(H,14,15). The van der Waals surface area contributed by atoms with Gasteiger partial charge in [0.15, 0.2) is 0 Å². The van der Waals surface area contributed by atoms with Crippen molar-refractivity contribution in [3.63, 3.8) is 0 Å². The van der Waals surface area contributed by atoms with Crippen LogP contribution in [0.3, 0.4) is 0 Å². The van der Waals surface area contributed by atoms with Gasteiger partial charge in [0, 0.05) is 11.8 Å². The molecule has 0 aromatic heterocycles. The molecule has 0 fully saturated rings. The molecule has 16 heavy (non-hydrogen) atoms. The Balaban J connectivity index is 2.89. The van der Waals surface area contributed by atoms with Crippen molar-refractivity contribution in [3.8, 4) is 0 Å². The number of rotatable bonds is 3. The van der Waals surface area contributed by atoms with Crippen LogP contribution in [-0.4, -0.2) is 39.6 Å². The topological polar surface area (TPSA) is 87.0 Å². The van der Waals surface area contributed by atoms with E-state index in [1.807, 2.05) is 0 Å². The maximum absolute atomic E-state index is 10.8. The molecule has 5 atom stereocenters. The minimum Gasteiger partial charge on any atom is -0.483 e. The first-order valence-corrected chi connectivity index (χ1v) is 5.32. The lowest BCUT2D eigenvalue weighted by molar-refractivity contribution is -0.143. The van der Waals surface area contributed by atoms with Gasteiger partial charge in [-0.25, -0.2) is 4.79 Å². The summed E-state index contributed by atoms with van der Waals surface area (Å²) in [7, 11) is 0. The van der Waals surface area contributed by atoms with Gasteiger partial charge in [-0.15, -0.1) is 0 Å². The average molecular weight is 230 g/mol. The number of hydrogen-bond donors (Lipinski definition) is 3. The summed E-state index contributed by atoms with van der Waals surface area (Å²) in [5.74, 6) is -1.93. The van der Waals surface area contributed by atoms with Crippen LogP contribution in [-0.2, 0) is 9.53 Å². The zero-order valence-electron chi connectivity index (χ0n) is 9.62. The molecule has 0 bridgehead atoms. The molecule has 0 saturated heterocycles. The van der Waals surface area contributed by atoms with Crippen LogP contribution in [0.2, 0.25) is 0 Å². The second-order valence-corrected chi connectivity index (χ2v) is 4.37. The van der Waals surface area contributed by atoms with Gasteiger partial charge in [-0.1, -0.05) is 13.8 Å². The lowest BCUT2D eigenvalue weighted by Gasteiger charge is -2.36. The summed E-state index contributed by atoms with van der Waals surface area (Å²) in [6.45, 7) is 5.15. The summed E-state index contributed by atoms with van der Waals surface area (Å²) >= 11 is 0. The van der Waals surface area contributed by atoms with Gasteiger partial charge >= 0.3 is 5.97 Å². The van der Waals surface area contributed by atoms with Crippen LogP contribution in [0.5, 0.6) is 0 Å². The molecular formula is C11H18O5. The summed E-state index contributed by atoms with van der Waals surface area (Å²) in [6, 6.07) is 0. The fourth-order valence-electron chi connectivity index (χ4n) is 1.78. The second kappa shape index (κ2) is 4.84. The van der Waals surface area contributed by atoms with E-state index in [0.717, 1.165) is 0 Å². The molecular weight excluding hydrogens is 212 g/mol. The molecule has 0 aromatic carbocycles. The van der Waals surface area contributed by atoms with Gasteiger partial charge in [0.05, 0.1) is 12.2 Å². The van der Waals surface area contributed by atoms with Gasteiger partial charge in [0.1, 0.15) is 6.10 Å². The predicted molar refractivity (Wildman–Crippen MR) is 56.6 cm³/mol. The van der Waals surface area contributed by atoms with Crippen molar-refractivity contribution in [2.24, 2.45) is 11.8 Å². The average Bonchev–Trinajstić information content (AvgIpc) is 2.20. The molecule has 0 aliphatic carbocycles. The maximum Gasteiger partial charge on any atom is 0.370 e. The number of carboxylic acid groups (broad SMARTS) is 1. The minimum absolute atomic E-state index is 0.243. The van der Waals surface area contributed by atoms with E-state index in [0.29, 0.717) is 0 Å². The highest BCUT2D eigenvalue weighted by Crippen LogP contribution is 2.29. The quantitative estimate of drug-likeness (QED) is 0.652. The number of carbonyl (C=O) groups is 1. The molecule has 0 amide bonds. The number of ether oxygens (including phenoxy) is 1. The SMILES string of the molecule is CC(O)C(C)C1OC(C(=O)O)=CC(O)C1C. The Morgan fingerprint density at radius 2 is 2.06 bits per heavy atom. The lowest BCUT2D eigenvalue weighted by Crippen LogP contribution is -2.43. The summed E-state index contributed by atoms with van der Waals surface area (Å²) in [5, 5.41) is 28.0. The van der Waals surface area contributed by atoms with Gasteiger partial charge < -0.3 is 20.1 Å². The third-order valence-electron chi connectivity index (χ3n) is 3.13. The first-order valence-electron chi connectivity index (χ1n) is 5.32. The van der Waals surface area contributed by atoms with Crippen molar-refractivity contribution >= 4 is 5.97 Å². The Bertz CT molecular complexity index is 297. The van der Waals surface area contributed by atoms with Crippen molar-refractivity contribution in [3.05, 3.63) is 11.8 Å². The van der Waals surface area contributed by atoms with Crippen molar-refractivity contribution in [1.82, 2.24) is 0 Å². The molecule has 5 nitrogen and oxygen atoms in total. The molecule has 1 heterocycles. The summed E-state index contributed by atoms with van der Waals surface area (Å²) in [6.07, 6.45) is -0.775. The summed E-state index contributed by atoms with van der Waals surface area (Å²) in [4.78, 5) is 10.8. The normalized spacial score (nSPS) is 33.6. The van der Waals surface area contributed by atoms with E-state index < -0.39 is 24.3 Å². The van der Waals surface area contributed by atoms with Crippen LogP contribution in [0.1, 0.15) is 20.8 Å². The maximum atomic E-state index is 10.8. The van der Waals surface area contributed by atoms with Gasteiger partial charge in [0.25, 0.3) is 0 Å². The first-order chi connectivity index (χ1) is 7.34. The summed E-state index contributed by atoms with van der Waals surface area (Å²) < 4.78 is 5.30. The number of carboxylic acids is 1. The fourth-order valence-corrected chi connectivity index (χ4v) is 1.78. The van der Waals surface area contributed by atoms with E-state index >= 15 is 0 Å². The van der Waals surface area contributed by atoms with Crippen LogP contribution in [0.4, 0.5) is 0 Å². The third kappa shape index (κ3) is 2.54. The van der Waals surface area contributed by atoms with E-state index in [1.165, 1.54) is 6.08 Å². The third-order valence-corrected chi connectivity index (χ3v) is 3.13. The van der Waals surface area contributed by atoms with Crippen LogP contribution < -0.4 is 0 Å². The predicted octanol–water partition coefficient (Wildman–Crippen LogP) is 0.368. The highest BCUT2D eigenvalue weighted by Gasteiger charge is 2.37. The number of aliphatic hydroxyl groups is 2. The van der Waals surface area contributed by atoms with Crippen LogP contribution in [0, 0.1) is 11.8 Å². The van der Waals surface area contributed by atoms with E-state index in [-0.39, 0.29) is 17.6 Å². The van der Waals surface area contributed by atoms with Gasteiger partial charge in [-0.3, -0.25) is 0 Å². The number of aliphatic hydroxyl groups excluding tert-OH is 2. The van der Waals surface area contributed by atoms with Crippen molar-refractivity contribution < 1.29 is 24.9 Å². The molecule has 1 rings (SSSR count). The second-order valence-electron chi connectivity index (χ2n) is 4.37. The molecule has 0 saturated carbocycles. The smallest absolute Gasteiger partial charge is 0.370 e. The number of hydrogen-bond acceptors (Lipinski definition) is 4. The molecule has 5 heteroatoms. The van der Waals surface area contributed by atoms with Crippen LogP contribution in [0.25, 0.3) is 0 Å². The molecule has 0 radical (unpaired) electrons. The van der Waals surface area contributed by atoms with E-state index in [2.05, 4.69) is 0 Å². The van der Waals surface area contributed by atoms with Gasteiger partial charge in [0.2, 0.25) is 5.76 Å². The molecule has 5 unspecified atom stereocenters. The lowest BCUT2D eigenvalue weighted by atomic mass is 9.84. The van der Waals surface area contributed by atoms with Gasteiger partial charge in [-0.2, -0.15) is 0 Å². The zero-order valence-corrected chi connectivity index (χ0v) is 9.62. The Labute approximate surface area is 94.4 Å². The van der Waals surface area contributed by atoms with Gasteiger partial charge in [-0.05, 0) is 13.0 Å². The highest BCUT2D eigenvalue weighted by atomic mass is 16.5. The molecule has 1 aliphatic heterocycles. The van der Waals surface area contributed by atoms with E-state index in [1.54, 1.807) is 20.8 Å². The van der Waals surface area contributed by atoms with Crippen LogP contribution >= 0.6 is 0 Å². The fraction of sp³-hybridized carbons (Fsp3) is 0.727. The molecule has 0 aromatic rings. The molecule has 1 aliphatic rings. The van der Waals surface area contributed by atoms with E-state index in [4.69, 9.17) is 9.84 Å². The zero-order chi connectivity index (χ0) is 12.5. The first kappa shape index (κ1) is 13.0.